The van der Waals surface area contributed by atoms with Crippen LogP contribution in [0.15, 0.2) is 0 Å². The van der Waals surface area contributed by atoms with Gasteiger partial charge in [-0.05, 0) is 58.5 Å². The van der Waals surface area contributed by atoms with Crippen LogP contribution in [0.3, 0.4) is 0 Å². The largest absolute Gasteiger partial charge is 0.468 e. The van der Waals surface area contributed by atoms with Crippen LogP contribution in [0.2, 0.25) is 0 Å². The highest BCUT2D eigenvalue weighted by Crippen LogP contribution is 2.41. The minimum atomic E-state index is -0.521. The molecule has 1 rings (SSSR count). The molecule has 0 heterocycles. The molecule has 0 radical (unpaired) electrons. The molecule has 20 heavy (non-hydrogen) atoms. The van der Waals surface area contributed by atoms with Crippen molar-refractivity contribution in [2.45, 2.75) is 65.0 Å². The van der Waals surface area contributed by atoms with E-state index in [2.05, 4.69) is 37.9 Å². The summed E-state index contributed by atoms with van der Waals surface area (Å²) in [5, 5.41) is 3.54. The molecule has 0 saturated heterocycles. The molecule has 118 valence electrons. The molecule has 0 amide bonds. The number of hydrogen-bond donors (Lipinski definition) is 1. The third-order valence-electron chi connectivity index (χ3n) is 3.92. The van der Waals surface area contributed by atoms with E-state index >= 15 is 0 Å². The summed E-state index contributed by atoms with van der Waals surface area (Å²) in [4.78, 5) is 14.9. The fourth-order valence-electron chi connectivity index (χ4n) is 3.11. The van der Waals surface area contributed by atoms with Gasteiger partial charge in [0.2, 0.25) is 0 Å². The van der Waals surface area contributed by atoms with Gasteiger partial charge in [-0.15, -0.1) is 0 Å². The third kappa shape index (κ3) is 4.45. The van der Waals surface area contributed by atoms with Crippen molar-refractivity contribution in [1.82, 2.24) is 10.2 Å². The predicted octanol–water partition coefficient (Wildman–Crippen LogP) is 2.43. The number of esters is 1. The van der Waals surface area contributed by atoms with Crippen LogP contribution in [-0.4, -0.2) is 49.2 Å². The molecule has 4 nitrogen and oxygen atoms in total. The van der Waals surface area contributed by atoms with Crippen molar-refractivity contribution >= 4 is 5.97 Å². The van der Waals surface area contributed by atoms with Gasteiger partial charge in [-0.2, -0.15) is 0 Å². The molecule has 0 spiro atoms. The molecule has 0 aromatic rings. The van der Waals surface area contributed by atoms with Crippen molar-refractivity contribution in [3.8, 4) is 0 Å². The van der Waals surface area contributed by atoms with Crippen LogP contribution in [0.5, 0.6) is 0 Å². The Kier molecular flexibility index (Phi) is 6.96. The Morgan fingerprint density at radius 1 is 1.30 bits per heavy atom. The van der Waals surface area contributed by atoms with Crippen LogP contribution in [-0.2, 0) is 9.53 Å². The topological polar surface area (TPSA) is 41.6 Å². The van der Waals surface area contributed by atoms with Gasteiger partial charge in [-0.1, -0.05) is 13.8 Å². The summed E-state index contributed by atoms with van der Waals surface area (Å²) < 4.78 is 5.15. The molecule has 1 atom stereocenters. The average Bonchev–Trinajstić information content (AvgIpc) is 3.21. The van der Waals surface area contributed by atoms with Gasteiger partial charge in [-0.25, -0.2) is 4.79 Å². The quantitative estimate of drug-likeness (QED) is 0.626. The van der Waals surface area contributed by atoms with E-state index in [1.807, 2.05) is 0 Å². The lowest BCUT2D eigenvalue weighted by molar-refractivity contribution is -0.151. The Labute approximate surface area is 124 Å². The van der Waals surface area contributed by atoms with E-state index in [4.69, 9.17) is 4.74 Å². The van der Waals surface area contributed by atoms with E-state index in [1.54, 1.807) is 0 Å². The van der Waals surface area contributed by atoms with E-state index in [0.717, 1.165) is 45.3 Å². The number of methoxy groups -OCH3 is 1. The lowest BCUT2D eigenvalue weighted by atomic mass is 9.91. The number of carbonyl (C=O) groups excluding carboxylic acids is 1. The van der Waals surface area contributed by atoms with Crippen molar-refractivity contribution < 1.29 is 9.53 Å². The minimum Gasteiger partial charge on any atom is -0.468 e. The summed E-state index contributed by atoms with van der Waals surface area (Å²) >= 11 is 0. The van der Waals surface area contributed by atoms with Crippen LogP contribution >= 0.6 is 0 Å². The first-order valence-corrected chi connectivity index (χ1v) is 8.08. The highest BCUT2D eigenvalue weighted by molar-refractivity contribution is 5.82. The molecule has 0 bridgehead atoms. The van der Waals surface area contributed by atoms with Gasteiger partial charge in [0.15, 0.2) is 0 Å². The zero-order valence-corrected chi connectivity index (χ0v) is 13.9. The summed E-state index contributed by atoms with van der Waals surface area (Å²) in [6, 6.07) is 0.278. The molecular weight excluding hydrogens is 252 g/mol. The molecule has 1 unspecified atom stereocenters. The number of nitrogens with one attached hydrogen (secondary N) is 1. The lowest BCUT2D eigenvalue weighted by Crippen LogP contribution is -2.63. The van der Waals surface area contributed by atoms with Crippen molar-refractivity contribution in [3.05, 3.63) is 0 Å². The number of hydrogen-bond acceptors (Lipinski definition) is 4. The Balaban J connectivity index is 2.91. The Bertz CT molecular complexity index is 297. The van der Waals surface area contributed by atoms with Gasteiger partial charge in [0.05, 0.1) is 7.11 Å². The first-order valence-electron chi connectivity index (χ1n) is 8.08. The highest BCUT2D eigenvalue weighted by Gasteiger charge is 2.52. The number of rotatable bonds is 10. The molecule has 1 aliphatic carbocycles. The van der Waals surface area contributed by atoms with E-state index in [9.17, 15) is 4.79 Å². The minimum absolute atomic E-state index is 0.0918. The smallest absolute Gasteiger partial charge is 0.327 e. The van der Waals surface area contributed by atoms with Crippen LogP contribution < -0.4 is 5.32 Å². The molecule has 0 aromatic heterocycles. The molecule has 1 saturated carbocycles. The maximum atomic E-state index is 12.5. The SMILES string of the molecule is CCCN(CCC)CC(NC(C)C)(C(=O)OC)C1CC1. The number of carbonyl (C=O) groups is 1. The zero-order valence-electron chi connectivity index (χ0n) is 13.9. The molecule has 1 fully saturated rings. The van der Waals surface area contributed by atoms with Gasteiger partial charge in [0.1, 0.15) is 5.54 Å². The third-order valence-corrected chi connectivity index (χ3v) is 3.92. The van der Waals surface area contributed by atoms with Crippen LogP contribution in [0.1, 0.15) is 53.4 Å². The zero-order chi connectivity index (χ0) is 15.2. The highest BCUT2D eigenvalue weighted by atomic mass is 16.5. The second-order valence-corrected chi connectivity index (χ2v) is 6.31. The fourth-order valence-corrected chi connectivity index (χ4v) is 3.11. The molecule has 1 aliphatic rings. The van der Waals surface area contributed by atoms with E-state index in [1.165, 1.54) is 7.11 Å². The maximum absolute atomic E-state index is 12.5. The Hall–Kier alpha value is -0.610. The standard InChI is InChI=1S/C16H32N2O2/c1-6-10-18(11-7-2)12-16(14-8-9-14,15(19)20-5)17-13(3)4/h13-14,17H,6-12H2,1-5H3. The van der Waals surface area contributed by atoms with E-state index in [-0.39, 0.29) is 12.0 Å². The molecule has 0 aromatic carbocycles. The summed E-state index contributed by atoms with van der Waals surface area (Å²) in [6.45, 7) is 11.4. The summed E-state index contributed by atoms with van der Waals surface area (Å²) in [6.07, 6.45) is 4.48. The molecule has 0 aliphatic heterocycles. The monoisotopic (exact) mass is 284 g/mol. The van der Waals surface area contributed by atoms with Gasteiger partial charge in [0.25, 0.3) is 0 Å². The second-order valence-electron chi connectivity index (χ2n) is 6.31. The summed E-state index contributed by atoms with van der Waals surface area (Å²) in [5.74, 6) is 0.333. The van der Waals surface area contributed by atoms with Gasteiger partial charge < -0.3 is 9.64 Å². The first kappa shape index (κ1) is 17.4. The average molecular weight is 284 g/mol. The van der Waals surface area contributed by atoms with Crippen LogP contribution in [0.4, 0.5) is 0 Å². The number of nitrogens with zero attached hydrogens (tertiary/aromatic N) is 1. The van der Waals surface area contributed by atoms with E-state index in [0.29, 0.717) is 5.92 Å². The van der Waals surface area contributed by atoms with Crippen LogP contribution in [0, 0.1) is 5.92 Å². The van der Waals surface area contributed by atoms with Crippen LogP contribution in [0.25, 0.3) is 0 Å². The molecule has 4 heteroatoms. The second kappa shape index (κ2) is 7.99. The van der Waals surface area contributed by atoms with Crippen molar-refractivity contribution in [1.29, 1.82) is 0 Å². The van der Waals surface area contributed by atoms with Gasteiger partial charge in [0, 0.05) is 12.6 Å². The summed E-state index contributed by atoms with van der Waals surface area (Å²) in [7, 11) is 1.51. The Morgan fingerprint density at radius 2 is 1.85 bits per heavy atom. The van der Waals surface area contributed by atoms with E-state index < -0.39 is 5.54 Å². The fraction of sp³-hybridized carbons (Fsp3) is 0.938. The lowest BCUT2D eigenvalue weighted by Gasteiger charge is -2.38. The van der Waals surface area contributed by atoms with Crippen molar-refractivity contribution in [3.63, 3.8) is 0 Å². The molecule has 1 N–H and O–H groups in total. The van der Waals surface area contributed by atoms with Crippen molar-refractivity contribution in [2.24, 2.45) is 5.92 Å². The number of ether oxygens (including phenoxy) is 1. The normalized spacial score (nSPS) is 18.4. The molecular formula is C16H32N2O2. The van der Waals surface area contributed by atoms with Crippen molar-refractivity contribution in [2.75, 3.05) is 26.7 Å². The summed E-state index contributed by atoms with van der Waals surface area (Å²) in [5.41, 5.74) is -0.521. The van der Waals surface area contributed by atoms with Gasteiger partial charge in [-0.3, -0.25) is 5.32 Å². The first-order chi connectivity index (χ1) is 9.50. The Morgan fingerprint density at radius 3 is 2.20 bits per heavy atom. The maximum Gasteiger partial charge on any atom is 0.327 e. The predicted molar refractivity (Wildman–Crippen MR) is 82.8 cm³/mol. The van der Waals surface area contributed by atoms with Gasteiger partial charge >= 0.3 is 5.97 Å².